The average molecular weight is 173 g/mol. The molecular weight excluding hydrogens is 161 g/mol. The van der Waals surface area contributed by atoms with Crippen LogP contribution in [0.1, 0.15) is 15.9 Å². The van der Waals surface area contributed by atoms with Crippen molar-refractivity contribution in [3.8, 4) is 0 Å². The van der Waals surface area contributed by atoms with Crippen molar-refractivity contribution in [1.82, 2.24) is 5.32 Å². The predicted molar refractivity (Wildman–Crippen MR) is 55.1 cm³/mol. The van der Waals surface area contributed by atoms with Crippen LogP contribution in [0.3, 0.4) is 0 Å². The second kappa shape index (κ2) is 3.25. The van der Waals surface area contributed by atoms with Gasteiger partial charge in [0, 0.05) is 12.6 Å². The standard InChI is InChI=1S/C10H12BNO/c1-12-10(13)8-3-2-7-4-5-11-9(7)6-8/h2-3,6,11H,4-5H2,1H3,(H,12,13). The van der Waals surface area contributed by atoms with Crippen LogP contribution in [-0.4, -0.2) is 20.2 Å². The zero-order valence-electron chi connectivity index (χ0n) is 7.76. The van der Waals surface area contributed by atoms with Crippen molar-refractivity contribution in [2.24, 2.45) is 0 Å². The molecule has 1 amide bonds. The third-order valence-corrected chi connectivity index (χ3v) is 2.59. The third-order valence-electron chi connectivity index (χ3n) is 2.59. The van der Waals surface area contributed by atoms with Crippen LogP contribution in [0.15, 0.2) is 18.2 Å². The van der Waals surface area contributed by atoms with E-state index in [-0.39, 0.29) is 5.91 Å². The lowest BCUT2D eigenvalue weighted by Gasteiger charge is -2.03. The van der Waals surface area contributed by atoms with Gasteiger partial charge in [-0.05, 0) is 12.5 Å². The van der Waals surface area contributed by atoms with Crippen molar-refractivity contribution in [2.75, 3.05) is 7.05 Å². The molecule has 0 radical (unpaired) electrons. The Morgan fingerprint density at radius 3 is 3.15 bits per heavy atom. The molecule has 0 spiro atoms. The number of benzene rings is 1. The van der Waals surface area contributed by atoms with E-state index in [0.717, 1.165) is 12.8 Å². The monoisotopic (exact) mass is 173 g/mol. The number of hydrogen-bond donors (Lipinski definition) is 1. The number of aryl methyl sites for hydroxylation is 1. The minimum atomic E-state index is 0.00898. The van der Waals surface area contributed by atoms with E-state index in [2.05, 4.69) is 11.4 Å². The molecule has 0 fully saturated rings. The van der Waals surface area contributed by atoms with E-state index in [1.54, 1.807) is 7.05 Å². The lowest BCUT2D eigenvalue weighted by Crippen LogP contribution is -2.21. The molecule has 3 heteroatoms. The zero-order valence-corrected chi connectivity index (χ0v) is 7.76. The number of rotatable bonds is 1. The Morgan fingerprint density at radius 1 is 1.54 bits per heavy atom. The van der Waals surface area contributed by atoms with Crippen molar-refractivity contribution in [2.45, 2.75) is 12.7 Å². The van der Waals surface area contributed by atoms with Crippen molar-refractivity contribution < 1.29 is 4.79 Å². The summed E-state index contributed by atoms with van der Waals surface area (Å²) < 4.78 is 0. The molecule has 2 nitrogen and oxygen atoms in total. The number of amides is 1. The number of hydrogen-bond acceptors (Lipinski definition) is 1. The Labute approximate surface area is 78.6 Å². The van der Waals surface area contributed by atoms with Gasteiger partial charge in [0.05, 0.1) is 0 Å². The number of fused-ring (bicyclic) bond motifs is 1. The summed E-state index contributed by atoms with van der Waals surface area (Å²) in [7, 11) is 2.79. The number of nitrogens with one attached hydrogen (secondary N) is 1. The maximum atomic E-state index is 11.3. The van der Waals surface area contributed by atoms with Gasteiger partial charge in [0.15, 0.2) is 7.28 Å². The normalized spacial score (nSPS) is 13.3. The van der Waals surface area contributed by atoms with Crippen LogP contribution < -0.4 is 10.8 Å². The maximum Gasteiger partial charge on any atom is 0.250 e. The first kappa shape index (κ1) is 8.36. The first-order valence-electron chi connectivity index (χ1n) is 4.65. The molecule has 1 aromatic rings. The Balaban J connectivity index is 2.36. The van der Waals surface area contributed by atoms with E-state index in [1.165, 1.54) is 23.8 Å². The lowest BCUT2D eigenvalue weighted by molar-refractivity contribution is 0.0963. The quantitative estimate of drug-likeness (QED) is 0.598. The molecule has 0 atom stereocenters. The molecule has 1 aliphatic heterocycles. The van der Waals surface area contributed by atoms with Crippen LogP contribution in [0.4, 0.5) is 0 Å². The van der Waals surface area contributed by atoms with Crippen LogP contribution in [0.25, 0.3) is 0 Å². The predicted octanol–water partition coefficient (Wildman–Crippen LogP) is 0.0824. The van der Waals surface area contributed by atoms with Gasteiger partial charge in [0.25, 0.3) is 5.91 Å². The fraction of sp³-hybridized carbons (Fsp3) is 0.300. The van der Waals surface area contributed by atoms with E-state index in [1.807, 2.05) is 12.1 Å². The summed E-state index contributed by atoms with van der Waals surface area (Å²) in [4.78, 5) is 11.3. The molecule has 0 aliphatic carbocycles. The van der Waals surface area contributed by atoms with Gasteiger partial charge in [0.1, 0.15) is 0 Å². The summed E-state index contributed by atoms with van der Waals surface area (Å²) in [6.07, 6.45) is 2.40. The van der Waals surface area contributed by atoms with Gasteiger partial charge >= 0.3 is 0 Å². The summed E-state index contributed by atoms with van der Waals surface area (Å²) in [6.45, 7) is 0. The van der Waals surface area contributed by atoms with Crippen LogP contribution in [0.2, 0.25) is 6.32 Å². The van der Waals surface area contributed by atoms with Crippen molar-refractivity contribution in [3.63, 3.8) is 0 Å². The van der Waals surface area contributed by atoms with E-state index in [0.29, 0.717) is 0 Å². The average Bonchev–Trinajstić information content (AvgIpc) is 2.63. The van der Waals surface area contributed by atoms with Gasteiger partial charge in [0.2, 0.25) is 0 Å². The topological polar surface area (TPSA) is 29.1 Å². The second-order valence-corrected chi connectivity index (χ2v) is 3.42. The third kappa shape index (κ3) is 1.46. The zero-order chi connectivity index (χ0) is 9.26. The molecule has 0 unspecified atom stereocenters. The van der Waals surface area contributed by atoms with E-state index >= 15 is 0 Å². The minimum Gasteiger partial charge on any atom is -0.355 e. The molecule has 1 aromatic carbocycles. The molecule has 1 N–H and O–H groups in total. The summed E-state index contributed by atoms with van der Waals surface area (Å²) in [5.74, 6) is 0.00898. The van der Waals surface area contributed by atoms with Gasteiger partial charge < -0.3 is 5.32 Å². The Morgan fingerprint density at radius 2 is 2.38 bits per heavy atom. The van der Waals surface area contributed by atoms with Crippen LogP contribution in [0.5, 0.6) is 0 Å². The smallest absolute Gasteiger partial charge is 0.250 e. The molecular formula is C10H12BNO. The number of carbonyl (C=O) groups excluding carboxylic acids is 1. The molecule has 66 valence electrons. The van der Waals surface area contributed by atoms with Gasteiger partial charge in [-0.15, -0.1) is 0 Å². The molecule has 1 aliphatic rings. The number of carbonyl (C=O) groups is 1. The molecule has 0 saturated heterocycles. The summed E-state index contributed by atoms with van der Waals surface area (Å²) in [5, 5.41) is 2.63. The van der Waals surface area contributed by atoms with Gasteiger partial charge in [-0.3, -0.25) is 4.79 Å². The molecule has 0 saturated carbocycles. The van der Waals surface area contributed by atoms with Crippen molar-refractivity contribution in [1.29, 1.82) is 0 Å². The highest BCUT2D eigenvalue weighted by Crippen LogP contribution is 2.10. The van der Waals surface area contributed by atoms with Crippen LogP contribution in [-0.2, 0) is 6.42 Å². The Hall–Kier alpha value is -1.25. The van der Waals surface area contributed by atoms with Crippen molar-refractivity contribution in [3.05, 3.63) is 29.3 Å². The minimum absolute atomic E-state index is 0.00898. The summed E-state index contributed by atoms with van der Waals surface area (Å²) in [5.41, 5.74) is 3.54. The van der Waals surface area contributed by atoms with Gasteiger partial charge in [-0.1, -0.05) is 29.5 Å². The van der Waals surface area contributed by atoms with Gasteiger partial charge in [-0.2, -0.15) is 0 Å². The van der Waals surface area contributed by atoms with E-state index in [9.17, 15) is 4.79 Å². The Bertz CT molecular complexity index is 349. The first-order chi connectivity index (χ1) is 6.31. The summed E-state index contributed by atoms with van der Waals surface area (Å²) >= 11 is 0. The van der Waals surface area contributed by atoms with Gasteiger partial charge in [-0.25, -0.2) is 0 Å². The largest absolute Gasteiger partial charge is 0.355 e. The van der Waals surface area contributed by atoms with E-state index in [4.69, 9.17) is 0 Å². The molecule has 1 heterocycles. The van der Waals surface area contributed by atoms with Crippen molar-refractivity contribution >= 4 is 18.6 Å². The second-order valence-electron chi connectivity index (χ2n) is 3.42. The molecule has 13 heavy (non-hydrogen) atoms. The molecule has 2 rings (SSSR count). The molecule has 0 bridgehead atoms. The SMILES string of the molecule is CNC(=O)c1ccc2c(c1)BCC2. The lowest BCUT2D eigenvalue weighted by atomic mass is 9.72. The fourth-order valence-corrected chi connectivity index (χ4v) is 1.86. The Kier molecular flexibility index (Phi) is 2.09. The molecule has 0 aromatic heterocycles. The highest BCUT2D eigenvalue weighted by Gasteiger charge is 2.13. The first-order valence-corrected chi connectivity index (χ1v) is 4.65. The summed E-state index contributed by atoms with van der Waals surface area (Å²) in [6, 6.07) is 6.00. The van der Waals surface area contributed by atoms with Crippen LogP contribution >= 0.6 is 0 Å². The van der Waals surface area contributed by atoms with Crippen LogP contribution in [0, 0.1) is 0 Å². The highest BCUT2D eigenvalue weighted by molar-refractivity contribution is 6.55. The maximum absolute atomic E-state index is 11.3. The fourth-order valence-electron chi connectivity index (χ4n) is 1.86. The van der Waals surface area contributed by atoms with E-state index < -0.39 is 0 Å². The highest BCUT2D eigenvalue weighted by atomic mass is 16.1.